The van der Waals surface area contributed by atoms with Crippen molar-refractivity contribution >= 4 is 15.7 Å². The van der Waals surface area contributed by atoms with Crippen LogP contribution in [0.4, 0.5) is 5.69 Å². The van der Waals surface area contributed by atoms with E-state index in [1.54, 1.807) is 49.6 Å². The third-order valence-electron chi connectivity index (χ3n) is 2.98. The minimum absolute atomic E-state index is 0.123. The summed E-state index contributed by atoms with van der Waals surface area (Å²) in [5, 5.41) is 0. The van der Waals surface area contributed by atoms with Crippen molar-refractivity contribution in [3.63, 3.8) is 0 Å². The van der Waals surface area contributed by atoms with Crippen LogP contribution in [0.15, 0.2) is 47.6 Å². The van der Waals surface area contributed by atoms with E-state index in [4.69, 9.17) is 5.73 Å². The van der Waals surface area contributed by atoms with Crippen LogP contribution in [0.5, 0.6) is 0 Å². The molecule has 0 aliphatic carbocycles. The predicted molar refractivity (Wildman–Crippen MR) is 78.8 cm³/mol. The number of benzene rings is 1. The number of aryl methyl sites for hydroxylation is 1. The van der Waals surface area contributed by atoms with E-state index in [-0.39, 0.29) is 10.9 Å². The number of aromatic nitrogens is 1. The van der Waals surface area contributed by atoms with Gasteiger partial charge in [-0.1, -0.05) is 12.1 Å². The van der Waals surface area contributed by atoms with Crippen LogP contribution in [0, 0.1) is 6.92 Å². The summed E-state index contributed by atoms with van der Waals surface area (Å²) in [5.41, 5.74) is 7.93. The topological polar surface area (TPSA) is 85.1 Å². The van der Waals surface area contributed by atoms with Gasteiger partial charge in [0.25, 0.3) is 10.0 Å². The molecule has 0 aliphatic heterocycles. The zero-order valence-corrected chi connectivity index (χ0v) is 12.2. The van der Waals surface area contributed by atoms with Crippen molar-refractivity contribution in [1.29, 1.82) is 0 Å². The molecule has 0 spiro atoms. The van der Waals surface area contributed by atoms with Crippen LogP contribution in [0.2, 0.25) is 0 Å². The maximum atomic E-state index is 12.3. The molecule has 20 heavy (non-hydrogen) atoms. The molecule has 0 saturated carbocycles. The average molecular weight is 291 g/mol. The van der Waals surface area contributed by atoms with Gasteiger partial charge < -0.3 is 5.73 Å². The van der Waals surface area contributed by atoms with Gasteiger partial charge in [-0.25, -0.2) is 8.42 Å². The van der Waals surface area contributed by atoms with Crippen molar-refractivity contribution in [3.05, 3.63) is 53.9 Å². The molecule has 1 atom stereocenters. The Bertz CT molecular complexity index is 695. The lowest BCUT2D eigenvalue weighted by molar-refractivity contribution is 0.601. The first-order valence-electron chi connectivity index (χ1n) is 6.19. The molecule has 0 aliphatic rings. The normalized spacial score (nSPS) is 12.9. The summed E-state index contributed by atoms with van der Waals surface area (Å²) in [4.78, 5) is 4.14. The van der Waals surface area contributed by atoms with E-state index >= 15 is 0 Å². The van der Waals surface area contributed by atoms with Gasteiger partial charge in [-0.05, 0) is 43.2 Å². The van der Waals surface area contributed by atoms with E-state index in [2.05, 4.69) is 9.71 Å². The number of hydrogen-bond donors (Lipinski definition) is 2. The Labute approximate surface area is 118 Å². The molecule has 1 heterocycles. The molecule has 0 bridgehead atoms. The Morgan fingerprint density at radius 2 is 1.85 bits per heavy atom. The second kappa shape index (κ2) is 5.60. The molecule has 3 N–H and O–H groups in total. The zero-order valence-electron chi connectivity index (χ0n) is 11.4. The summed E-state index contributed by atoms with van der Waals surface area (Å²) in [6.45, 7) is 3.64. The van der Waals surface area contributed by atoms with Crippen LogP contribution >= 0.6 is 0 Å². The molecule has 5 nitrogen and oxygen atoms in total. The molecule has 0 fully saturated rings. The smallest absolute Gasteiger partial charge is 0.261 e. The number of anilines is 1. The molecule has 6 heteroatoms. The average Bonchev–Trinajstić information content (AvgIpc) is 2.41. The fourth-order valence-electron chi connectivity index (χ4n) is 1.74. The molecule has 1 aromatic carbocycles. The molecular weight excluding hydrogens is 274 g/mol. The number of rotatable bonds is 4. The van der Waals surface area contributed by atoms with E-state index in [0.717, 1.165) is 11.1 Å². The number of pyridine rings is 1. The van der Waals surface area contributed by atoms with Crippen molar-refractivity contribution in [2.75, 3.05) is 4.72 Å². The number of nitrogens with zero attached hydrogens (tertiary/aromatic N) is 1. The number of nitrogens with one attached hydrogen (secondary N) is 1. The van der Waals surface area contributed by atoms with Gasteiger partial charge in [-0.2, -0.15) is 0 Å². The number of nitrogens with two attached hydrogens (primary N) is 1. The van der Waals surface area contributed by atoms with Crippen molar-refractivity contribution in [2.45, 2.75) is 24.8 Å². The second-order valence-electron chi connectivity index (χ2n) is 4.65. The Morgan fingerprint density at radius 3 is 2.40 bits per heavy atom. The summed E-state index contributed by atoms with van der Waals surface area (Å²) >= 11 is 0. The van der Waals surface area contributed by atoms with Crippen molar-refractivity contribution in [1.82, 2.24) is 4.98 Å². The van der Waals surface area contributed by atoms with Crippen molar-refractivity contribution < 1.29 is 8.42 Å². The predicted octanol–water partition coefficient (Wildman–Crippen LogP) is 2.21. The first-order chi connectivity index (χ1) is 9.40. The van der Waals surface area contributed by atoms with E-state index in [9.17, 15) is 8.42 Å². The molecule has 106 valence electrons. The van der Waals surface area contributed by atoms with Crippen LogP contribution < -0.4 is 10.5 Å². The highest BCUT2D eigenvalue weighted by Gasteiger charge is 2.15. The van der Waals surface area contributed by atoms with Crippen molar-refractivity contribution in [2.24, 2.45) is 5.73 Å². The van der Waals surface area contributed by atoms with Gasteiger partial charge in [-0.15, -0.1) is 0 Å². The van der Waals surface area contributed by atoms with Crippen LogP contribution in [-0.4, -0.2) is 13.4 Å². The van der Waals surface area contributed by atoms with Gasteiger partial charge in [0.2, 0.25) is 0 Å². The minimum Gasteiger partial charge on any atom is -0.324 e. The maximum Gasteiger partial charge on any atom is 0.261 e. The highest BCUT2D eigenvalue weighted by molar-refractivity contribution is 7.92. The van der Waals surface area contributed by atoms with Gasteiger partial charge in [0, 0.05) is 18.4 Å². The molecule has 0 saturated heterocycles. The third kappa shape index (κ3) is 3.15. The van der Waals surface area contributed by atoms with Crippen LogP contribution in [-0.2, 0) is 10.0 Å². The Kier molecular flexibility index (Phi) is 4.06. The van der Waals surface area contributed by atoms with Crippen LogP contribution in [0.3, 0.4) is 0 Å². The lowest BCUT2D eigenvalue weighted by Gasteiger charge is -2.11. The molecule has 0 amide bonds. The van der Waals surface area contributed by atoms with Crippen LogP contribution in [0.25, 0.3) is 0 Å². The van der Waals surface area contributed by atoms with Crippen LogP contribution in [0.1, 0.15) is 24.1 Å². The lowest BCUT2D eigenvalue weighted by atomic mass is 10.1. The Hall–Kier alpha value is -1.92. The first-order valence-corrected chi connectivity index (χ1v) is 7.67. The second-order valence-corrected chi connectivity index (χ2v) is 6.34. The fraction of sp³-hybridized carbons (Fsp3) is 0.214. The highest BCUT2D eigenvalue weighted by atomic mass is 32.2. The quantitative estimate of drug-likeness (QED) is 0.904. The van der Waals surface area contributed by atoms with E-state index in [1.807, 2.05) is 6.92 Å². The van der Waals surface area contributed by atoms with E-state index in [1.165, 1.54) is 0 Å². The first kappa shape index (κ1) is 14.5. The third-order valence-corrected chi connectivity index (χ3v) is 4.36. The largest absolute Gasteiger partial charge is 0.324 e. The Morgan fingerprint density at radius 1 is 1.20 bits per heavy atom. The van der Waals surface area contributed by atoms with Gasteiger partial charge in [0.15, 0.2) is 0 Å². The minimum atomic E-state index is -3.60. The standard InChI is InChI=1S/C14H17N3O2S/c1-10-9-16-8-7-14(10)17-20(18,19)13-5-3-12(4-6-13)11(2)15/h3-9,11H,15H2,1-2H3,(H,16,17). The van der Waals surface area contributed by atoms with Gasteiger partial charge in [-0.3, -0.25) is 9.71 Å². The summed E-state index contributed by atoms with van der Waals surface area (Å²) < 4.78 is 27.1. The van der Waals surface area contributed by atoms with Gasteiger partial charge in [0.1, 0.15) is 0 Å². The number of sulfonamides is 1. The summed E-state index contributed by atoms with van der Waals surface area (Å²) in [6.07, 6.45) is 3.15. The summed E-state index contributed by atoms with van der Waals surface area (Å²) in [6, 6.07) is 8.05. The lowest BCUT2D eigenvalue weighted by Crippen LogP contribution is -2.14. The van der Waals surface area contributed by atoms with E-state index in [0.29, 0.717) is 5.69 Å². The monoisotopic (exact) mass is 291 g/mol. The number of hydrogen-bond acceptors (Lipinski definition) is 4. The van der Waals surface area contributed by atoms with Gasteiger partial charge in [0.05, 0.1) is 10.6 Å². The molecule has 0 radical (unpaired) electrons. The molecular formula is C14H17N3O2S. The zero-order chi connectivity index (χ0) is 14.8. The highest BCUT2D eigenvalue weighted by Crippen LogP contribution is 2.20. The van der Waals surface area contributed by atoms with Crippen molar-refractivity contribution in [3.8, 4) is 0 Å². The summed E-state index contributed by atoms with van der Waals surface area (Å²) in [7, 11) is -3.60. The molecule has 1 aromatic heterocycles. The summed E-state index contributed by atoms with van der Waals surface area (Å²) in [5.74, 6) is 0. The maximum absolute atomic E-state index is 12.3. The van der Waals surface area contributed by atoms with Gasteiger partial charge >= 0.3 is 0 Å². The molecule has 2 aromatic rings. The SMILES string of the molecule is Cc1cnccc1NS(=O)(=O)c1ccc(C(C)N)cc1. The molecule has 2 rings (SSSR count). The Balaban J connectivity index is 2.29. The van der Waals surface area contributed by atoms with E-state index < -0.39 is 10.0 Å². The fourth-order valence-corrected chi connectivity index (χ4v) is 2.87. The molecule has 1 unspecified atom stereocenters.